The SMILES string of the molecule is NCc1cccnc1N1CCC(CO)C1. The molecule has 2 rings (SSSR count). The van der Waals surface area contributed by atoms with Crippen molar-refractivity contribution in [1.29, 1.82) is 0 Å². The molecule has 3 N–H and O–H groups in total. The summed E-state index contributed by atoms with van der Waals surface area (Å²) >= 11 is 0. The lowest BCUT2D eigenvalue weighted by Gasteiger charge is -2.19. The van der Waals surface area contributed by atoms with Gasteiger partial charge in [-0.15, -0.1) is 0 Å². The Hall–Kier alpha value is -1.13. The van der Waals surface area contributed by atoms with Crippen LogP contribution in [-0.4, -0.2) is 29.8 Å². The molecule has 0 aromatic carbocycles. The van der Waals surface area contributed by atoms with Crippen molar-refractivity contribution in [1.82, 2.24) is 4.98 Å². The number of anilines is 1. The van der Waals surface area contributed by atoms with E-state index < -0.39 is 0 Å². The van der Waals surface area contributed by atoms with Gasteiger partial charge in [0, 0.05) is 43.9 Å². The van der Waals surface area contributed by atoms with E-state index in [0.717, 1.165) is 30.9 Å². The van der Waals surface area contributed by atoms with Crippen molar-refractivity contribution in [3.05, 3.63) is 23.9 Å². The first-order chi connectivity index (χ1) is 7.35. The van der Waals surface area contributed by atoms with Crippen LogP contribution in [0.25, 0.3) is 0 Å². The van der Waals surface area contributed by atoms with Gasteiger partial charge in [-0.25, -0.2) is 4.98 Å². The maximum Gasteiger partial charge on any atom is 0.133 e. The summed E-state index contributed by atoms with van der Waals surface area (Å²) in [4.78, 5) is 6.58. The average Bonchev–Trinajstić information content (AvgIpc) is 2.77. The van der Waals surface area contributed by atoms with Crippen LogP contribution in [0.2, 0.25) is 0 Å². The van der Waals surface area contributed by atoms with Gasteiger partial charge in [-0.1, -0.05) is 6.07 Å². The molecule has 4 heteroatoms. The minimum absolute atomic E-state index is 0.265. The zero-order chi connectivity index (χ0) is 10.7. The van der Waals surface area contributed by atoms with E-state index in [1.54, 1.807) is 6.20 Å². The summed E-state index contributed by atoms with van der Waals surface area (Å²) in [5.41, 5.74) is 6.75. The van der Waals surface area contributed by atoms with Crippen LogP contribution < -0.4 is 10.6 Å². The lowest BCUT2D eigenvalue weighted by molar-refractivity contribution is 0.238. The van der Waals surface area contributed by atoms with Crippen LogP contribution in [0.15, 0.2) is 18.3 Å². The van der Waals surface area contributed by atoms with Crippen LogP contribution >= 0.6 is 0 Å². The summed E-state index contributed by atoms with van der Waals surface area (Å²) < 4.78 is 0. The zero-order valence-corrected chi connectivity index (χ0v) is 8.76. The van der Waals surface area contributed by atoms with E-state index in [0.29, 0.717) is 12.5 Å². The highest BCUT2D eigenvalue weighted by molar-refractivity contribution is 5.47. The Bertz CT molecular complexity index is 329. The Morgan fingerprint density at radius 2 is 2.47 bits per heavy atom. The topological polar surface area (TPSA) is 62.4 Å². The quantitative estimate of drug-likeness (QED) is 0.751. The first kappa shape index (κ1) is 10.4. The number of aliphatic hydroxyl groups excluding tert-OH is 1. The van der Waals surface area contributed by atoms with Gasteiger partial charge in [0.2, 0.25) is 0 Å². The molecular formula is C11H17N3O. The number of nitrogens with zero attached hydrogens (tertiary/aromatic N) is 2. The first-order valence-corrected chi connectivity index (χ1v) is 5.35. The molecule has 15 heavy (non-hydrogen) atoms. The summed E-state index contributed by atoms with van der Waals surface area (Å²) in [5, 5.41) is 9.09. The average molecular weight is 207 g/mol. The van der Waals surface area contributed by atoms with Gasteiger partial charge in [-0.2, -0.15) is 0 Å². The van der Waals surface area contributed by atoms with Gasteiger partial charge in [0.1, 0.15) is 5.82 Å². The van der Waals surface area contributed by atoms with Crippen molar-refractivity contribution in [2.75, 3.05) is 24.6 Å². The molecule has 1 aliphatic heterocycles. The van der Waals surface area contributed by atoms with Crippen LogP contribution in [0, 0.1) is 5.92 Å². The van der Waals surface area contributed by atoms with E-state index in [1.807, 2.05) is 12.1 Å². The molecule has 1 aromatic heterocycles. The molecule has 0 spiro atoms. The molecule has 4 nitrogen and oxygen atoms in total. The van der Waals surface area contributed by atoms with Gasteiger partial charge in [0.25, 0.3) is 0 Å². The summed E-state index contributed by atoms with van der Waals surface area (Å²) in [7, 11) is 0. The maximum absolute atomic E-state index is 9.09. The van der Waals surface area contributed by atoms with Gasteiger partial charge in [-0.05, 0) is 12.5 Å². The molecule has 1 atom stereocenters. The Labute approximate surface area is 89.7 Å². The number of aromatic nitrogens is 1. The third-order valence-electron chi connectivity index (χ3n) is 2.93. The van der Waals surface area contributed by atoms with E-state index >= 15 is 0 Å². The molecule has 1 saturated heterocycles. The van der Waals surface area contributed by atoms with Crippen LogP contribution in [0.1, 0.15) is 12.0 Å². The van der Waals surface area contributed by atoms with Crippen molar-refractivity contribution in [2.24, 2.45) is 11.7 Å². The summed E-state index contributed by atoms with van der Waals surface area (Å²) in [6.45, 7) is 2.64. The van der Waals surface area contributed by atoms with Crippen LogP contribution in [0.3, 0.4) is 0 Å². The lowest BCUT2D eigenvalue weighted by Crippen LogP contribution is -2.23. The van der Waals surface area contributed by atoms with Crippen molar-refractivity contribution in [2.45, 2.75) is 13.0 Å². The van der Waals surface area contributed by atoms with Crippen LogP contribution in [0.5, 0.6) is 0 Å². The van der Waals surface area contributed by atoms with Crippen molar-refractivity contribution in [3.63, 3.8) is 0 Å². The number of nitrogens with two attached hydrogens (primary N) is 1. The molecule has 2 heterocycles. The van der Waals surface area contributed by atoms with Gasteiger partial charge in [-0.3, -0.25) is 0 Å². The van der Waals surface area contributed by atoms with Crippen molar-refractivity contribution in [3.8, 4) is 0 Å². The second-order valence-corrected chi connectivity index (χ2v) is 3.97. The molecule has 0 radical (unpaired) electrons. The third-order valence-corrected chi connectivity index (χ3v) is 2.93. The number of aliphatic hydroxyl groups is 1. The highest BCUT2D eigenvalue weighted by Crippen LogP contribution is 2.24. The van der Waals surface area contributed by atoms with Gasteiger partial charge < -0.3 is 15.7 Å². The van der Waals surface area contributed by atoms with E-state index in [9.17, 15) is 0 Å². The molecule has 1 aromatic rings. The molecular weight excluding hydrogens is 190 g/mol. The lowest BCUT2D eigenvalue weighted by atomic mass is 10.1. The Morgan fingerprint density at radius 1 is 1.60 bits per heavy atom. The molecule has 0 saturated carbocycles. The molecule has 1 aliphatic rings. The highest BCUT2D eigenvalue weighted by atomic mass is 16.3. The van der Waals surface area contributed by atoms with E-state index in [1.165, 1.54) is 0 Å². The Kier molecular flexibility index (Phi) is 3.18. The van der Waals surface area contributed by atoms with Gasteiger partial charge in [0.15, 0.2) is 0 Å². The number of hydrogen-bond donors (Lipinski definition) is 2. The smallest absolute Gasteiger partial charge is 0.133 e. The summed E-state index contributed by atoms with van der Waals surface area (Å²) in [5.74, 6) is 1.37. The van der Waals surface area contributed by atoms with E-state index in [4.69, 9.17) is 10.8 Å². The highest BCUT2D eigenvalue weighted by Gasteiger charge is 2.23. The molecule has 0 bridgehead atoms. The van der Waals surface area contributed by atoms with E-state index in [2.05, 4.69) is 9.88 Å². The normalized spacial score (nSPS) is 20.9. The first-order valence-electron chi connectivity index (χ1n) is 5.35. The maximum atomic E-state index is 9.09. The molecule has 1 fully saturated rings. The number of rotatable bonds is 3. The number of pyridine rings is 1. The fourth-order valence-corrected chi connectivity index (χ4v) is 2.05. The predicted octanol–water partition coefficient (Wildman–Crippen LogP) is 0.359. The van der Waals surface area contributed by atoms with Crippen LogP contribution in [-0.2, 0) is 6.54 Å². The monoisotopic (exact) mass is 207 g/mol. The third kappa shape index (κ3) is 2.11. The minimum atomic E-state index is 0.265. The molecule has 82 valence electrons. The standard InChI is InChI=1S/C11H17N3O/c12-6-10-2-1-4-13-11(10)14-5-3-9(7-14)8-15/h1-2,4,9,15H,3,5-8,12H2. The van der Waals surface area contributed by atoms with E-state index in [-0.39, 0.29) is 6.61 Å². The molecule has 1 unspecified atom stereocenters. The number of hydrogen-bond acceptors (Lipinski definition) is 4. The predicted molar refractivity (Wildman–Crippen MR) is 59.5 cm³/mol. The second-order valence-electron chi connectivity index (χ2n) is 3.97. The largest absolute Gasteiger partial charge is 0.396 e. The van der Waals surface area contributed by atoms with Crippen LogP contribution in [0.4, 0.5) is 5.82 Å². The van der Waals surface area contributed by atoms with Crippen molar-refractivity contribution >= 4 is 5.82 Å². The Morgan fingerprint density at radius 3 is 3.13 bits per heavy atom. The van der Waals surface area contributed by atoms with Gasteiger partial charge in [0.05, 0.1) is 0 Å². The fraction of sp³-hybridized carbons (Fsp3) is 0.545. The Balaban J connectivity index is 2.16. The summed E-state index contributed by atoms with van der Waals surface area (Å²) in [6.07, 6.45) is 2.83. The second kappa shape index (κ2) is 4.59. The zero-order valence-electron chi connectivity index (χ0n) is 8.76. The minimum Gasteiger partial charge on any atom is -0.396 e. The van der Waals surface area contributed by atoms with Gasteiger partial charge >= 0.3 is 0 Å². The molecule has 0 amide bonds. The summed E-state index contributed by atoms with van der Waals surface area (Å²) in [6, 6.07) is 3.92. The fourth-order valence-electron chi connectivity index (χ4n) is 2.05. The van der Waals surface area contributed by atoms with Crippen molar-refractivity contribution < 1.29 is 5.11 Å². The molecule has 0 aliphatic carbocycles.